The van der Waals surface area contributed by atoms with Gasteiger partial charge in [-0.3, -0.25) is 4.79 Å². The lowest BCUT2D eigenvalue weighted by Gasteiger charge is -2.32. The number of carbonyl (C=O) groups is 1. The van der Waals surface area contributed by atoms with Crippen molar-refractivity contribution >= 4 is 5.91 Å². The Balaban J connectivity index is 1.80. The Morgan fingerprint density at radius 2 is 2.00 bits per heavy atom. The van der Waals surface area contributed by atoms with E-state index in [1.165, 1.54) is 0 Å². The lowest BCUT2D eigenvalue weighted by atomic mass is 9.95. The Bertz CT molecular complexity index is 533. The van der Waals surface area contributed by atoms with Gasteiger partial charge in [0.2, 0.25) is 5.91 Å². The highest BCUT2D eigenvalue weighted by Crippen LogP contribution is 2.41. The topological polar surface area (TPSA) is 55.6 Å². The molecule has 114 valence electrons. The van der Waals surface area contributed by atoms with Gasteiger partial charge in [0.15, 0.2) is 0 Å². The zero-order chi connectivity index (χ0) is 15.0. The van der Waals surface area contributed by atoms with Gasteiger partial charge in [0.1, 0.15) is 5.75 Å². The van der Waals surface area contributed by atoms with Crippen LogP contribution in [0.3, 0.4) is 0 Å². The van der Waals surface area contributed by atoms with E-state index in [1.54, 1.807) is 7.11 Å². The molecule has 0 aliphatic heterocycles. The number of hydrogen-bond donors (Lipinski definition) is 1. The van der Waals surface area contributed by atoms with Gasteiger partial charge in [-0.05, 0) is 44.6 Å². The first-order valence-corrected chi connectivity index (χ1v) is 7.76. The molecule has 4 heteroatoms. The highest BCUT2D eigenvalue weighted by atomic mass is 16.5. The first-order chi connectivity index (χ1) is 10.0. The highest BCUT2D eigenvalue weighted by Gasteiger charge is 2.48. The normalized spacial score (nSPS) is 20.7. The molecule has 0 saturated heterocycles. The van der Waals surface area contributed by atoms with Crippen molar-refractivity contribution in [3.05, 3.63) is 29.8 Å². The summed E-state index contributed by atoms with van der Waals surface area (Å²) in [6.45, 7) is 2.48. The largest absolute Gasteiger partial charge is 0.496 e. The van der Waals surface area contributed by atoms with E-state index in [-0.39, 0.29) is 5.91 Å². The van der Waals surface area contributed by atoms with Crippen LogP contribution in [0.5, 0.6) is 5.75 Å². The minimum absolute atomic E-state index is 0.0957. The molecule has 1 atom stereocenters. The average Bonchev–Trinajstić information content (AvgIpc) is 3.35. The maximum atomic E-state index is 12.9. The maximum absolute atomic E-state index is 12.9. The molecular weight excluding hydrogens is 264 g/mol. The molecule has 0 aromatic heterocycles. The molecule has 3 rings (SSSR count). The maximum Gasteiger partial charge on any atom is 0.243 e. The van der Waals surface area contributed by atoms with Crippen LogP contribution >= 0.6 is 0 Å². The summed E-state index contributed by atoms with van der Waals surface area (Å²) >= 11 is 0. The summed E-state index contributed by atoms with van der Waals surface area (Å²) < 4.78 is 5.40. The molecule has 21 heavy (non-hydrogen) atoms. The van der Waals surface area contributed by atoms with E-state index in [0.29, 0.717) is 18.5 Å². The van der Waals surface area contributed by atoms with Gasteiger partial charge in [0.25, 0.3) is 0 Å². The molecule has 2 saturated carbocycles. The molecule has 2 aliphatic carbocycles. The standard InChI is InChI=1S/C17H24N2O2/c1-17(18,13-7-8-13)16(20)19(14-9-10-14)11-12-5-3-4-6-15(12)21-2/h3-6,13-14H,7-11,18H2,1-2H3. The van der Waals surface area contributed by atoms with Crippen molar-refractivity contribution in [3.8, 4) is 5.75 Å². The number of amides is 1. The lowest BCUT2D eigenvalue weighted by molar-refractivity contribution is -0.138. The van der Waals surface area contributed by atoms with Crippen molar-refractivity contribution in [3.63, 3.8) is 0 Å². The summed E-state index contributed by atoms with van der Waals surface area (Å²) in [5, 5.41) is 0. The van der Waals surface area contributed by atoms with Gasteiger partial charge < -0.3 is 15.4 Å². The lowest BCUT2D eigenvalue weighted by Crippen LogP contribution is -2.55. The van der Waals surface area contributed by atoms with Crippen LogP contribution in [0.15, 0.2) is 24.3 Å². The van der Waals surface area contributed by atoms with E-state index in [0.717, 1.165) is 37.0 Å². The van der Waals surface area contributed by atoms with E-state index in [4.69, 9.17) is 10.5 Å². The summed E-state index contributed by atoms with van der Waals surface area (Å²) in [6, 6.07) is 8.24. The van der Waals surface area contributed by atoms with Crippen LogP contribution in [0.25, 0.3) is 0 Å². The zero-order valence-electron chi connectivity index (χ0n) is 12.8. The van der Waals surface area contributed by atoms with Crippen LogP contribution in [0.2, 0.25) is 0 Å². The first kappa shape index (κ1) is 14.4. The van der Waals surface area contributed by atoms with Crippen LogP contribution in [0.1, 0.15) is 38.2 Å². The fraction of sp³-hybridized carbons (Fsp3) is 0.588. The minimum atomic E-state index is -0.718. The number of benzene rings is 1. The van der Waals surface area contributed by atoms with Crippen LogP contribution in [-0.2, 0) is 11.3 Å². The van der Waals surface area contributed by atoms with Crippen molar-refractivity contribution in [2.75, 3.05) is 7.11 Å². The molecular formula is C17H24N2O2. The number of methoxy groups -OCH3 is 1. The van der Waals surface area contributed by atoms with Crippen molar-refractivity contribution in [1.29, 1.82) is 0 Å². The smallest absolute Gasteiger partial charge is 0.243 e. The molecule has 2 fully saturated rings. The van der Waals surface area contributed by atoms with Crippen molar-refractivity contribution in [2.24, 2.45) is 11.7 Å². The number of nitrogens with zero attached hydrogens (tertiary/aromatic N) is 1. The monoisotopic (exact) mass is 288 g/mol. The van der Waals surface area contributed by atoms with Gasteiger partial charge in [-0.25, -0.2) is 0 Å². The predicted octanol–water partition coefficient (Wildman–Crippen LogP) is 2.31. The summed E-state index contributed by atoms with van der Waals surface area (Å²) in [7, 11) is 1.67. The van der Waals surface area contributed by atoms with E-state index in [2.05, 4.69) is 0 Å². The summed E-state index contributed by atoms with van der Waals surface area (Å²) in [5.74, 6) is 1.28. The number of carbonyl (C=O) groups excluding carboxylic acids is 1. The van der Waals surface area contributed by atoms with Crippen LogP contribution in [0, 0.1) is 5.92 Å². The first-order valence-electron chi connectivity index (χ1n) is 7.76. The predicted molar refractivity (Wildman–Crippen MR) is 81.9 cm³/mol. The average molecular weight is 288 g/mol. The Kier molecular flexibility index (Phi) is 3.66. The molecule has 0 radical (unpaired) electrons. The second-order valence-electron chi connectivity index (χ2n) is 6.53. The second kappa shape index (κ2) is 5.34. The van der Waals surface area contributed by atoms with Gasteiger partial charge in [0, 0.05) is 18.2 Å². The Morgan fingerprint density at radius 3 is 2.57 bits per heavy atom. The number of rotatable bonds is 6. The van der Waals surface area contributed by atoms with E-state index in [1.807, 2.05) is 36.1 Å². The number of para-hydroxylation sites is 1. The van der Waals surface area contributed by atoms with Gasteiger partial charge in [-0.15, -0.1) is 0 Å². The van der Waals surface area contributed by atoms with E-state index in [9.17, 15) is 4.79 Å². The Morgan fingerprint density at radius 1 is 1.33 bits per heavy atom. The van der Waals surface area contributed by atoms with Crippen molar-refractivity contribution in [1.82, 2.24) is 4.90 Å². The molecule has 0 heterocycles. The Hall–Kier alpha value is -1.55. The van der Waals surface area contributed by atoms with Gasteiger partial charge >= 0.3 is 0 Å². The molecule has 2 N–H and O–H groups in total. The van der Waals surface area contributed by atoms with Crippen LogP contribution < -0.4 is 10.5 Å². The molecule has 0 spiro atoms. The van der Waals surface area contributed by atoms with Crippen molar-refractivity contribution < 1.29 is 9.53 Å². The molecule has 1 aromatic rings. The van der Waals surface area contributed by atoms with Crippen LogP contribution in [0.4, 0.5) is 0 Å². The summed E-state index contributed by atoms with van der Waals surface area (Å²) in [5.41, 5.74) is 6.66. The third-order valence-electron chi connectivity index (χ3n) is 4.67. The summed E-state index contributed by atoms with van der Waals surface area (Å²) in [4.78, 5) is 14.9. The molecule has 4 nitrogen and oxygen atoms in total. The van der Waals surface area contributed by atoms with Gasteiger partial charge in [-0.2, -0.15) is 0 Å². The molecule has 1 aromatic carbocycles. The van der Waals surface area contributed by atoms with Gasteiger partial charge in [0.05, 0.1) is 12.6 Å². The van der Waals surface area contributed by atoms with E-state index >= 15 is 0 Å². The number of nitrogens with two attached hydrogens (primary N) is 1. The zero-order valence-corrected chi connectivity index (χ0v) is 12.8. The number of ether oxygens (including phenoxy) is 1. The molecule has 0 bridgehead atoms. The van der Waals surface area contributed by atoms with E-state index < -0.39 is 5.54 Å². The second-order valence-corrected chi connectivity index (χ2v) is 6.53. The highest BCUT2D eigenvalue weighted by molar-refractivity contribution is 5.87. The summed E-state index contributed by atoms with van der Waals surface area (Å²) in [6.07, 6.45) is 4.32. The molecule has 2 aliphatic rings. The third kappa shape index (κ3) is 2.91. The van der Waals surface area contributed by atoms with Gasteiger partial charge in [-0.1, -0.05) is 18.2 Å². The molecule has 1 amide bonds. The Labute approximate surface area is 126 Å². The quantitative estimate of drug-likeness (QED) is 0.874. The number of hydrogen-bond acceptors (Lipinski definition) is 3. The fourth-order valence-electron chi connectivity index (χ4n) is 2.94. The third-order valence-corrected chi connectivity index (χ3v) is 4.67. The van der Waals surface area contributed by atoms with Crippen LogP contribution in [-0.4, -0.2) is 29.5 Å². The SMILES string of the molecule is COc1ccccc1CN(C(=O)C(C)(N)C1CC1)C1CC1. The fourth-order valence-corrected chi connectivity index (χ4v) is 2.94. The molecule has 1 unspecified atom stereocenters. The minimum Gasteiger partial charge on any atom is -0.496 e. The van der Waals surface area contributed by atoms with Crippen molar-refractivity contribution in [2.45, 2.75) is 50.7 Å².